The van der Waals surface area contributed by atoms with Gasteiger partial charge in [-0.15, -0.1) is 0 Å². The lowest BCUT2D eigenvalue weighted by atomic mass is 10.2. The molecule has 3 aliphatic heterocycles. The van der Waals surface area contributed by atoms with E-state index in [1.54, 1.807) is 0 Å². The first-order chi connectivity index (χ1) is 15.4. The van der Waals surface area contributed by atoms with E-state index in [4.69, 9.17) is 14.7 Å². The largest absolute Gasteiger partial charge is 0.379 e. The predicted molar refractivity (Wildman–Crippen MR) is 125 cm³/mol. The van der Waals surface area contributed by atoms with Crippen LogP contribution in [-0.4, -0.2) is 78.5 Å². The fourth-order valence-corrected chi connectivity index (χ4v) is 5.41. The van der Waals surface area contributed by atoms with Gasteiger partial charge in [-0.1, -0.05) is 18.2 Å². The van der Waals surface area contributed by atoms with E-state index in [2.05, 4.69) is 43.5 Å². The molecule has 164 valence electrons. The SMILES string of the molecule is c1ccc2c(c1)c1c(N3CCCC3)n[14c](N3CCCC3)nc1n2CCN1CCOCC1. The van der Waals surface area contributed by atoms with Crippen LogP contribution in [0.4, 0.5) is 11.8 Å². The summed E-state index contributed by atoms with van der Waals surface area (Å²) in [6.45, 7) is 10.0. The summed E-state index contributed by atoms with van der Waals surface area (Å²) >= 11 is 0. The Morgan fingerprint density at radius 2 is 1.58 bits per heavy atom. The van der Waals surface area contributed by atoms with Crippen molar-refractivity contribution in [3.63, 3.8) is 0 Å². The van der Waals surface area contributed by atoms with Crippen molar-refractivity contribution in [3.8, 4) is 0 Å². The summed E-state index contributed by atoms with van der Waals surface area (Å²) in [5.74, 6) is 2.06. The van der Waals surface area contributed by atoms with E-state index in [-0.39, 0.29) is 0 Å². The van der Waals surface area contributed by atoms with E-state index in [0.29, 0.717) is 0 Å². The van der Waals surface area contributed by atoms with Gasteiger partial charge < -0.3 is 19.1 Å². The van der Waals surface area contributed by atoms with Crippen LogP contribution in [0, 0.1) is 0 Å². The molecule has 0 atom stereocenters. The fraction of sp³-hybridized carbons (Fsp3) is 0.583. The van der Waals surface area contributed by atoms with Gasteiger partial charge in [0.2, 0.25) is 5.95 Å². The van der Waals surface area contributed by atoms with Gasteiger partial charge in [0.25, 0.3) is 0 Å². The normalized spacial score (nSPS) is 20.5. The molecule has 0 unspecified atom stereocenters. The van der Waals surface area contributed by atoms with Crippen LogP contribution >= 0.6 is 0 Å². The standard InChI is InChI=1S/C24H32N6O/c1-2-8-20-19(7-1)21-22(28-9-3-4-10-28)25-24(29-11-5-6-12-29)26-23(21)30(20)14-13-27-15-17-31-18-16-27/h1-2,7-8H,3-6,9-18H2/i24+2. The van der Waals surface area contributed by atoms with Crippen LogP contribution in [0.5, 0.6) is 0 Å². The number of benzene rings is 1. The summed E-state index contributed by atoms with van der Waals surface area (Å²) in [5, 5.41) is 2.52. The second kappa shape index (κ2) is 8.28. The minimum atomic E-state index is 0.841. The molecule has 3 fully saturated rings. The van der Waals surface area contributed by atoms with Crippen molar-refractivity contribution in [3.05, 3.63) is 24.3 Å². The van der Waals surface area contributed by atoms with Crippen LogP contribution < -0.4 is 9.80 Å². The van der Waals surface area contributed by atoms with Gasteiger partial charge in [0, 0.05) is 57.7 Å². The molecule has 6 rings (SSSR count). The number of hydrogen-bond donors (Lipinski definition) is 0. The fourth-order valence-electron chi connectivity index (χ4n) is 5.41. The van der Waals surface area contributed by atoms with Gasteiger partial charge in [-0.05, 0) is 31.7 Å². The Labute approximate surface area is 183 Å². The third kappa shape index (κ3) is 3.53. The molecule has 3 aliphatic rings. The van der Waals surface area contributed by atoms with Gasteiger partial charge in [0.15, 0.2) is 0 Å². The van der Waals surface area contributed by atoms with Crippen molar-refractivity contribution in [1.29, 1.82) is 0 Å². The highest BCUT2D eigenvalue weighted by Crippen LogP contribution is 2.37. The van der Waals surface area contributed by atoms with E-state index in [1.807, 2.05) is 0 Å². The van der Waals surface area contributed by atoms with Crippen molar-refractivity contribution in [1.82, 2.24) is 19.4 Å². The van der Waals surface area contributed by atoms with Crippen LogP contribution in [-0.2, 0) is 11.3 Å². The van der Waals surface area contributed by atoms with Gasteiger partial charge in [-0.25, -0.2) is 0 Å². The zero-order valence-electron chi connectivity index (χ0n) is 18.3. The lowest BCUT2D eigenvalue weighted by molar-refractivity contribution is 0.0366. The molecule has 0 saturated carbocycles. The quantitative estimate of drug-likeness (QED) is 0.630. The van der Waals surface area contributed by atoms with E-state index in [9.17, 15) is 0 Å². The zero-order chi connectivity index (χ0) is 20.6. The van der Waals surface area contributed by atoms with Gasteiger partial charge in [0.1, 0.15) is 11.5 Å². The average molecular weight is 423 g/mol. The molecule has 0 amide bonds. The smallest absolute Gasteiger partial charge is 0.229 e. The Morgan fingerprint density at radius 1 is 0.839 bits per heavy atom. The molecule has 0 spiro atoms. The summed E-state index contributed by atoms with van der Waals surface area (Å²) in [4.78, 5) is 17.8. The second-order valence-corrected chi connectivity index (χ2v) is 9.06. The number of ether oxygens (including phenoxy) is 1. The number of para-hydroxylation sites is 1. The van der Waals surface area contributed by atoms with Gasteiger partial charge >= 0.3 is 0 Å². The lowest BCUT2D eigenvalue weighted by Crippen LogP contribution is -2.38. The van der Waals surface area contributed by atoms with Crippen LogP contribution in [0.3, 0.4) is 0 Å². The highest BCUT2D eigenvalue weighted by molar-refractivity contribution is 6.12. The maximum absolute atomic E-state index is 5.54. The maximum Gasteiger partial charge on any atom is 0.229 e. The Balaban J connectivity index is 1.49. The molecule has 0 bridgehead atoms. The van der Waals surface area contributed by atoms with E-state index >= 15 is 0 Å². The summed E-state index contributed by atoms with van der Waals surface area (Å²) in [5.41, 5.74) is 2.38. The number of morpholine rings is 1. The molecule has 2 aromatic heterocycles. The van der Waals surface area contributed by atoms with Gasteiger partial charge in [-0.3, -0.25) is 4.90 Å². The Bertz CT molecular complexity index is 1060. The third-order valence-electron chi connectivity index (χ3n) is 7.12. The van der Waals surface area contributed by atoms with Crippen molar-refractivity contribution < 1.29 is 4.74 Å². The van der Waals surface area contributed by atoms with Crippen LogP contribution in [0.15, 0.2) is 24.3 Å². The number of aromatic nitrogens is 3. The highest BCUT2D eigenvalue weighted by atomic mass is 16.5. The second-order valence-electron chi connectivity index (χ2n) is 9.06. The van der Waals surface area contributed by atoms with E-state index < -0.39 is 0 Å². The lowest BCUT2D eigenvalue weighted by Gasteiger charge is -2.27. The molecule has 0 radical (unpaired) electrons. The maximum atomic E-state index is 5.54. The monoisotopic (exact) mass is 422 g/mol. The predicted octanol–water partition coefficient (Wildman–Crippen LogP) is 3.12. The van der Waals surface area contributed by atoms with Gasteiger partial charge in [-0.2, -0.15) is 9.97 Å². The van der Waals surface area contributed by atoms with Crippen molar-refractivity contribution in [2.24, 2.45) is 0 Å². The topological polar surface area (TPSA) is 49.7 Å². The Morgan fingerprint density at radius 3 is 2.39 bits per heavy atom. The number of fused-ring (bicyclic) bond motifs is 3. The molecule has 1 aromatic carbocycles. The number of rotatable bonds is 5. The molecule has 31 heavy (non-hydrogen) atoms. The third-order valence-corrected chi connectivity index (χ3v) is 7.12. The van der Waals surface area contributed by atoms with Crippen LogP contribution in [0.25, 0.3) is 21.9 Å². The summed E-state index contributed by atoms with van der Waals surface area (Å²) in [6.07, 6.45) is 4.97. The summed E-state index contributed by atoms with van der Waals surface area (Å²) < 4.78 is 7.99. The molecule has 3 saturated heterocycles. The Kier molecular flexibility index (Phi) is 5.16. The molecule has 7 heteroatoms. The first-order valence-electron chi connectivity index (χ1n) is 12.0. The zero-order valence-corrected chi connectivity index (χ0v) is 18.3. The molecular weight excluding hydrogens is 390 g/mol. The Hall–Kier alpha value is -2.38. The van der Waals surface area contributed by atoms with E-state index in [1.165, 1.54) is 42.0 Å². The minimum Gasteiger partial charge on any atom is -0.379 e. The van der Waals surface area contributed by atoms with Crippen LogP contribution in [0.2, 0.25) is 0 Å². The molecule has 5 heterocycles. The summed E-state index contributed by atoms with van der Waals surface area (Å²) in [6, 6.07) is 8.80. The average Bonchev–Trinajstić information content (AvgIpc) is 3.59. The number of nitrogens with zero attached hydrogens (tertiary/aromatic N) is 6. The number of hydrogen-bond acceptors (Lipinski definition) is 6. The first-order valence-corrected chi connectivity index (χ1v) is 12.0. The number of anilines is 2. The van der Waals surface area contributed by atoms with Crippen molar-refractivity contribution in [2.75, 3.05) is 68.8 Å². The molecule has 0 N–H and O–H groups in total. The first kappa shape index (κ1) is 19.3. The molecule has 3 aromatic rings. The van der Waals surface area contributed by atoms with E-state index in [0.717, 1.165) is 83.0 Å². The highest BCUT2D eigenvalue weighted by Gasteiger charge is 2.26. The molecule has 7 nitrogen and oxygen atoms in total. The van der Waals surface area contributed by atoms with Gasteiger partial charge in [0.05, 0.1) is 24.1 Å². The van der Waals surface area contributed by atoms with Crippen molar-refractivity contribution in [2.45, 2.75) is 32.2 Å². The summed E-state index contributed by atoms with van der Waals surface area (Å²) in [7, 11) is 0. The molecule has 0 aliphatic carbocycles. The molecular formula is C24H32N6O. The van der Waals surface area contributed by atoms with Crippen LogP contribution in [0.1, 0.15) is 25.7 Å². The van der Waals surface area contributed by atoms with Crippen molar-refractivity contribution >= 4 is 33.7 Å². The minimum absolute atomic E-state index is 0.841.